The number of rotatable bonds is 6. The van der Waals surface area contributed by atoms with E-state index in [0.717, 1.165) is 18.9 Å². The number of anilines is 2. The number of carbonyl (C=O) groups excluding carboxylic acids is 1. The summed E-state index contributed by atoms with van der Waals surface area (Å²) in [6.45, 7) is 6.22. The van der Waals surface area contributed by atoms with Crippen LogP contribution in [0.3, 0.4) is 0 Å². The van der Waals surface area contributed by atoms with Crippen molar-refractivity contribution in [2.45, 2.75) is 45.8 Å². The van der Waals surface area contributed by atoms with Crippen LogP contribution in [0.25, 0.3) is 0 Å². The van der Waals surface area contributed by atoms with Crippen LogP contribution < -0.4 is 10.2 Å². The minimum Gasteiger partial charge on any atom is -0.453 e. The van der Waals surface area contributed by atoms with E-state index in [-0.39, 0.29) is 17.8 Å². The van der Waals surface area contributed by atoms with Gasteiger partial charge in [-0.1, -0.05) is 0 Å². The molecular formula is C18H24N4O3. The monoisotopic (exact) mass is 344 g/mol. The molecule has 0 aliphatic carbocycles. The lowest BCUT2D eigenvalue weighted by Crippen LogP contribution is -2.30. The predicted octanol–water partition coefficient (Wildman–Crippen LogP) is 3.24. The van der Waals surface area contributed by atoms with Crippen molar-refractivity contribution >= 4 is 17.5 Å². The maximum Gasteiger partial charge on any atom is 0.292 e. The minimum atomic E-state index is -0.334. The molecule has 0 bridgehead atoms. The van der Waals surface area contributed by atoms with E-state index in [2.05, 4.69) is 20.2 Å². The summed E-state index contributed by atoms with van der Waals surface area (Å²) in [5.74, 6) is 1.84. The molecule has 1 aliphatic heterocycles. The van der Waals surface area contributed by atoms with Crippen molar-refractivity contribution in [3.63, 3.8) is 0 Å². The lowest BCUT2D eigenvalue weighted by atomic mass is 10.1. The number of carbonyl (C=O) groups is 1. The van der Waals surface area contributed by atoms with Crippen molar-refractivity contribution < 1.29 is 13.9 Å². The molecule has 7 heteroatoms. The van der Waals surface area contributed by atoms with Crippen LogP contribution in [0, 0.1) is 0 Å². The maximum atomic E-state index is 12.3. The normalized spacial score (nSPS) is 14.8. The Morgan fingerprint density at radius 3 is 2.84 bits per heavy atom. The molecular weight excluding hydrogens is 320 g/mol. The van der Waals surface area contributed by atoms with E-state index in [1.54, 1.807) is 18.2 Å². The van der Waals surface area contributed by atoms with Gasteiger partial charge in [-0.3, -0.25) is 4.79 Å². The van der Waals surface area contributed by atoms with Gasteiger partial charge in [-0.05, 0) is 45.2 Å². The highest BCUT2D eigenvalue weighted by atomic mass is 16.5. The Labute approximate surface area is 147 Å². The molecule has 0 atom stereocenters. The fourth-order valence-electron chi connectivity index (χ4n) is 2.72. The number of hydrogen-bond donors (Lipinski definition) is 1. The van der Waals surface area contributed by atoms with Crippen LogP contribution in [-0.4, -0.2) is 35.1 Å². The molecule has 1 fully saturated rings. The number of amides is 1. The second-order valence-electron chi connectivity index (χ2n) is 6.39. The minimum absolute atomic E-state index is 0.108. The lowest BCUT2D eigenvalue weighted by molar-refractivity contribution is 0.0537. The Bertz CT molecular complexity index is 708. The van der Waals surface area contributed by atoms with E-state index in [1.165, 1.54) is 25.6 Å². The Kier molecular flexibility index (Phi) is 5.65. The van der Waals surface area contributed by atoms with Gasteiger partial charge in [0, 0.05) is 19.2 Å². The first-order valence-electron chi connectivity index (χ1n) is 8.70. The van der Waals surface area contributed by atoms with Crippen LogP contribution in [0.2, 0.25) is 0 Å². The summed E-state index contributed by atoms with van der Waals surface area (Å²) in [4.78, 5) is 23.0. The number of ether oxygens (including phenoxy) is 1. The van der Waals surface area contributed by atoms with Gasteiger partial charge >= 0.3 is 0 Å². The molecule has 0 unspecified atom stereocenters. The third-order valence-electron chi connectivity index (χ3n) is 4.02. The van der Waals surface area contributed by atoms with Gasteiger partial charge in [-0.2, -0.15) is 0 Å². The van der Waals surface area contributed by atoms with Crippen molar-refractivity contribution in [3.05, 3.63) is 36.0 Å². The summed E-state index contributed by atoms with van der Waals surface area (Å²) in [5.41, 5.74) is 0. The molecule has 3 rings (SSSR count). The van der Waals surface area contributed by atoms with Crippen molar-refractivity contribution in [2.24, 2.45) is 0 Å². The van der Waals surface area contributed by atoms with Gasteiger partial charge in [0.05, 0.1) is 6.10 Å². The second-order valence-corrected chi connectivity index (χ2v) is 6.39. The third-order valence-corrected chi connectivity index (χ3v) is 4.02. The van der Waals surface area contributed by atoms with E-state index in [0.29, 0.717) is 18.2 Å². The Morgan fingerprint density at radius 2 is 2.08 bits per heavy atom. The summed E-state index contributed by atoms with van der Waals surface area (Å²) in [7, 11) is 0. The summed E-state index contributed by atoms with van der Waals surface area (Å²) in [6.07, 6.45) is 5.17. The summed E-state index contributed by atoms with van der Waals surface area (Å²) >= 11 is 0. The lowest BCUT2D eigenvalue weighted by Gasteiger charge is -2.27. The fraction of sp³-hybridized carbons (Fsp3) is 0.500. The molecule has 1 amide bonds. The molecule has 1 saturated heterocycles. The van der Waals surface area contributed by atoms with Crippen molar-refractivity contribution in [2.75, 3.05) is 23.3 Å². The van der Waals surface area contributed by atoms with Gasteiger partial charge in [0.25, 0.3) is 5.91 Å². The quantitative estimate of drug-likeness (QED) is 0.866. The van der Waals surface area contributed by atoms with Crippen LogP contribution in [0.5, 0.6) is 0 Å². The molecule has 1 aliphatic rings. The standard InChI is InChI=1S/C18H24N4O3/c1-13(2)24-11-14-6-7-15(25-14)18(23)21-16-10-17(20-12-19-16)22-8-4-3-5-9-22/h6-7,10,12-13H,3-5,8-9,11H2,1-2H3,(H,19,20,21,23). The van der Waals surface area contributed by atoms with Gasteiger partial charge in [0.2, 0.25) is 0 Å². The van der Waals surface area contributed by atoms with Crippen molar-refractivity contribution in [1.82, 2.24) is 9.97 Å². The van der Waals surface area contributed by atoms with E-state index in [1.807, 2.05) is 13.8 Å². The van der Waals surface area contributed by atoms with Crippen LogP contribution in [-0.2, 0) is 11.3 Å². The van der Waals surface area contributed by atoms with Crippen LogP contribution >= 0.6 is 0 Å². The number of aromatic nitrogens is 2. The molecule has 134 valence electrons. The Hall–Kier alpha value is -2.41. The zero-order chi connectivity index (χ0) is 17.6. The SMILES string of the molecule is CC(C)OCc1ccc(C(=O)Nc2cc(N3CCCCC3)ncn2)o1. The molecule has 25 heavy (non-hydrogen) atoms. The number of hydrogen-bond acceptors (Lipinski definition) is 6. The van der Waals surface area contributed by atoms with Gasteiger partial charge in [0.1, 0.15) is 30.3 Å². The number of nitrogens with zero attached hydrogens (tertiary/aromatic N) is 3. The highest BCUT2D eigenvalue weighted by molar-refractivity contribution is 6.01. The highest BCUT2D eigenvalue weighted by Gasteiger charge is 2.15. The van der Waals surface area contributed by atoms with Gasteiger partial charge in [-0.15, -0.1) is 0 Å². The summed E-state index contributed by atoms with van der Waals surface area (Å²) < 4.78 is 11.0. The first kappa shape index (κ1) is 17.4. The summed E-state index contributed by atoms with van der Waals surface area (Å²) in [5, 5.41) is 2.76. The van der Waals surface area contributed by atoms with Crippen molar-refractivity contribution in [1.29, 1.82) is 0 Å². The van der Waals surface area contributed by atoms with Crippen LogP contribution in [0.1, 0.15) is 49.4 Å². The maximum absolute atomic E-state index is 12.3. The third kappa shape index (κ3) is 4.79. The van der Waals surface area contributed by atoms with E-state index in [4.69, 9.17) is 9.15 Å². The van der Waals surface area contributed by atoms with Crippen molar-refractivity contribution in [3.8, 4) is 0 Å². The molecule has 1 N–H and O–H groups in total. The zero-order valence-electron chi connectivity index (χ0n) is 14.7. The fourth-order valence-corrected chi connectivity index (χ4v) is 2.72. The average Bonchev–Trinajstić information content (AvgIpc) is 3.10. The van der Waals surface area contributed by atoms with Gasteiger partial charge in [0.15, 0.2) is 5.76 Å². The predicted molar refractivity (Wildman–Crippen MR) is 94.7 cm³/mol. The number of nitrogens with one attached hydrogen (secondary N) is 1. The molecule has 0 radical (unpaired) electrons. The molecule has 7 nitrogen and oxygen atoms in total. The van der Waals surface area contributed by atoms with E-state index >= 15 is 0 Å². The van der Waals surface area contributed by atoms with Gasteiger partial charge in [-0.25, -0.2) is 9.97 Å². The highest BCUT2D eigenvalue weighted by Crippen LogP contribution is 2.20. The first-order chi connectivity index (χ1) is 12.1. The molecule has 0 saturated carbocycles. The Balaban J connectivity index is 1.62. The average molecular weight is 344 g/mol. The smallest absolute Gasteiger partial charge is 0.292 e. The van der Waals surface area contributed by atoms with E-state index < -0.39 is 0 Å². The molecule has 0 spiro atoms. The van der Waals surface area contributed by atoms with Crippen LogP contribution in [0.15, 0.2) is 28.9 Å². The second kappa shape index (κ2) is 8.11. The van der Waals surface area contributed by atoms with Gasteiger partial charge < -0.3 is 19.4 Å². The topological polar surface area (TPSA) is 80.5 Å². The first-order valence-corrected chi connectivity index (χ1v) is 8.70. The molecule has 2 aromatic rings. The molecule has 3 heterocycles. The zero-order valence-corrected chi connectivity index (χ0v) is 14.7. The number of furan rings is 1. The number of piperidine rings is 1. The summed E-state index contributed by atoms with van der Waals surface area (Å²) in [6, 6.07) is 5.19. The Morgan fingerprint density at radius 1 is 1.28 bits per heavy atom. The largest absolute Gasteiger partial charge is 0.453 e. The molecule has 2 aromatic heterocycles. The molecule has 0 aromatic carbocycles. The van der Waals surface area contributed by atoms with Crippen LogP contribution in [0.4, 0.5) is 11.6 Å². The van der Waals surface area contributed by atoms with E-state index in [9.17, 15) is 4.79 Å².